The van der Waals surface area contributed by atoms with Crippen LogP contribution in [0, 0.1) is 0 Å². The lowest BCUT2D eigenvalue weighted by Gasteiger charge is -2.37. The molecular weight excluding hydrogens is 404 g/mol. The molecule has 0 bridgehead atoms. The molecule has 3 rings (SSSR count). The summed E-state index contributed by atoms with van der Waals surface area (Å²) in [5.41, 5.74) is 1.18. The van der Waals surface area contributed by atoms with Gasteiger partial charge in [0, 0.05) is 44.8 Å². The Bertz CT molecular complexity index is 866. The van der Waals surface area contributed by atoms with Crippen LogP contribution in [0.15, 0.2) is 55.1 Å². The molecule has 0 aromatic heterocycles. The number of aliphatic hydroxyl groups is 1. The fourth-order valence-electron chi connectivity index (χ4n) is 4.39. The van der Waals surface area contributed by atoms with Gasteiger partial charge in [0.25, 0.3) is 0 Å². The summed E-state index contributed by atoms with van der Waals surface area (Å²) in [5.74, 6) is 2.03. The minimum absolute atomic E-state index is 0.552. The Morgan fingerprint density at radius 2 is 1.56 bits per heavy atom. The Labute approximate surface area is 192 Å². The second-order valence-electron chi connectivity index (χ2n) is 8.25. The first-order valence-corrected chi connectivity index (χ1v) is 11.2. The van der Waals surface area contributed by atoms with E-state index in [-0.39, 0.29) is 0 Å². The van der Waals surface area contributed by atoms with E-state index in [1.165, 1.54) is 0 Å². The predicted octanol–water partition coefficient (Wildman–Crippen LogP) is 3.68. The van der Waals surface area contributed by atoms with E-state index in [0.717, 1.165) is 56.1 Å². The van der Waals surface area contributed by atoms with Crippen LogP contribution in [0.1, 0.15) is 24.0 Å². The lowest BCUT2D eigenvalue weighted by Crippen LogP contribution is -2.47. The SMILES string of the molecule is C=CCC(O)(CCN1CCN(Cc2ccc(OC)c(OC)c2OC)CC1)c1ccccc1. The van der Waals surface area contributed by atoms with Crippen LogP contribution in [-0.4, -0.2) is 69.0 Å². The summed E-state index contributed by atoms with van der Waals surface area (Å²) < 4.78 is 16.5. The Kier molecular flexibility index (Phi) is 8.56. The van der Waals surface area contributed by atoms with Gasteiger partial charge in [-0.3, -0.25) is 4.90 Å². The van der Waals surface area contributed by atoms with Crippen LogP contribution >= 0.6 is 0 Å². The first-order chi connectivity index (χ1) is 15.5. The highest BCUT2D eigenvalue weighted by Gasteiger charge is 2.29. The maximum Gasteiger partial charge on any atom is 0.203 e. The summed E-state index contributed by atoms with van der Waals surface area (Å²) in [7, 11) is 4.92. The average Bonchev–Trinajstić information content (AvgIpc) is 2.84. The summed E-state index contributed by atoms with van der Waals surface area (Å²) in [6, 6.07) is 13.9. The molecule has 174 valence electrons. The maximum absolute atomic E-state index is 11.3. The molecule has 6 nitrogen and oxygen atoms in total. The molecule has 0 saturated carbocycles. The molecule has 6 heteroatoms. The third kappa shape index (κ3) is 5.63. The normalized spacial score (nSPS) is 16.9. The quantitative estimate of drug-likeness (QED) is 0.538. The molecule has 1 aliphatic heterocycles. The van der Waals surface area contributed by atoms with Crippen molar-refractivity contribution < 1.29 is 19.3 Å². The zero-order valence-electron chi connectivity index (χ0n) is 19.5. The standard InChI is InChI=1S/C26H36N2O4/c1-5-13-26(29,22-9-7-6-8-10-22)14-15-27-16-18-28(19-17-27)20-21-11-12-23(30-2)25(32-4)24(21)31-3/h5-12,29H,1,13-20H2,2-4H3. The highest BCUT2D eigenvalue weighted by Crippen LogP contribution is 2.40. The van der Waals surface area contributed by atoms with Crippen LogP contribution in [-0.2, 0) is 12.1 Å². The number of rotatable bonds is 11. The van der Waals surface area contributed by atoms with Gasteiger partial charge in [-0.2, -0.15) is 0 Å². The van der Waals surface area contributed by atoms with Gasteiger partial charge in [0.05, 0.1) is 26.9 Å². The summed E-state index contributed by atoms with van der Waals surface area (Å²) >= 11 is 0. The Morgan fingerprint density at radius 1 is 0.906 bits per heavy atom. The van der Waals surface area contributed by atoms with Crippen molar-refractivity contribution >= 4 is 0 Å². The maximum atomic E-state index is 11.3. The van der Waals surface area contributed by atoms with Crippen molar-refractivity contribution in [3.63, 3.8) is 0 Å². The molecule has 0 radical (unpaired) electrons. The lowest BCUT2D eigenvalue weighted by molar-refractivity contribution is 0.0136. The molecule has 2 aromatic carbocycles. The van der Waals surface area contributed by atoms with Gasteiger partial charge in [0.15, 0.2) is 11.5 Å². The molecule has 0 aliphatic carbocycles. The molecule has 1 heterocycles. The summed E-state index contributed by atoms with van der Waals surface area (Å²) in [4.78, 5) is 4.85. The van der Waals surface area contributed by atoms with Crippen molar-refractivity contribution in [3.8, 4) is 17.2 Å². The zero-order valence-corrected chi connectivity index (χ0v) is 19.5. The lowest BCUT2D eigenvalue weighted by atomic mass is 9.87. The molecule has 1 atom stereocenters. The largest absolute Gasteiger partial charge is 0.493 e. The predicted molar refractivity (Wildman–Crippen MR) is 128 cm³/mol. The van der Waals surface area contributed by atoms with E-state index in [0.29, 0.717) is 24.3 Å². The van der Waals surface area contributed by atoms with Gasteiger partial charge in [-0.1, -0.05) is 42.5 Å². The van der Waals surface area contributed by atoms with Crippen LogP contribution in [0.25, 0.3) is 0 Å². The second-order valence-corrected chi connectivity index (χ2v) is 8.25. The third-order valence-corrected chi connectivity index (χ3v) is 6.28. The molecular formula is C26H36N2O4. The number of benzene rings is 2. The molecule has 0 spiro atoms. The van der Waals surface area contributed by atoms with E-state index < -0.39 is 5.60 Å². The first kappa shape index (κ1) is 24.1. The number of piperazine rings is 1. The van der Waals surface area contributed by atoms with Gasteiger partial charge >= 0.3 is 0 Å². The van der Waals surface area contributed by atoms with Crippen LogP contribution in [0.4, 0.5) is 0 Å². The van der Waals surface area contributed by atoms with E-state index >= 15 is 0 Å². The number of hydrogen-bond donors (Lipinski definition) is 1. The summed E-state index contributed by atoms with van der Waals surface area (Å²) in [6.07, 6.45) is 3.05. The number of methoxy groups -OCH3 is 3. The Hall–Kier alpha value is -2.54. The van der Waals surface area contributed by atoms with Gasteiger partial charge in [0.1, 0.15) is 0 Å². The molecule has 0 amide bonds. The van der Waals surface area contributed by atoms with Crippen molar-refractivity contribution in [1.29, 1.82) is 0 Å². The molecule has 1 aliphatic rings. The molecule has 1 N–H and O–H groups in total. The first-order valence-electron chi connectivity index (χ1n) is 11.2. The van der Waals surface area contributed by atoms with E-state index in [1.807, 2.05) is 42.5 Å². The fourth-order valence-corrected chi connectivity index (χ4v) is 4.39. The van der Waals surface area contributed by atoms with Crippen molar-refractivity contribution in [2.75, 3.05) is 54.1 Å². The van der Waals surface area contributed by atoms with E-state index in [4.69, 9.17) is 14.2 Å². The smallest absolute Gasteiger partial charge is 0.203 e. The second kappa shape index (κ2) is 11.4. The van der Waals surface area contributed by atoms with Crippen LogP contribution in [0.2, 0.25) is 0 Å². The number of hydrogen-bond acceptors (Lipinski definition) is 6. The van der Waals surface area contributed by atoms with Gasteiger partial charge < -0.3 is 24.2 Å². The Balaban J connectivity index is 1.57. The van der Waals surface area contributed by atoms with Crippen LogP contribution in [0.3, 0.4) is 0 Å². The van der Waals surface area contributed by atoms with Crippen molar-refractivity contribution in [2.24, 2.45) is 0 Å². The summed E-state index contributed by atoms with van der Waals surface area (Å²) in [5, 5.41) is 11.3. The molecule has 2 aromatic rings. The third-order valence-electron chi connectivity index (χ3n) is 6.28. The van der Waals surface area contributed by atoms with E-state index in [9.17, 15) is 5.11 Å². The van der Waals surface area contributed by atoms with E-state index in [2.05, 4.69) is 16.4 Å². The average molecular weight is 441 g/mol. The molecule has 1 saturated heterocycles. The topological polar surface area (TPSA) is 54.4 Å². The minimum Gasteiger partial charge on any atom is -0.493 e. The van der Waals surface area contributed by atoms with Crippen LogP contribution < -0.4 is 14.2 Å². The van der Waals surface area contributed by atoms with Crippen LogP contribution in [0.5, 0.6) is 17.2 Å². The zero-order chi connectivity index (χ0) is 23.0. The Morgan fingerprint density at radius 3 is 2.16 bits per heavy atom. The van der Waals surface area contributed by atoms with E-state index in [1.54, 1.807) is 27.4 Å². The van der Waals surface area contributed by atoms with Gasteiger partial charge in [-0.15, -0.1) is 6.58 Å². The van der Waals surface area contributed by atoms with Gasteiger partial charge in [-0.25, -0.2) is 0 Å². The van der Waals surface area contributed by atoms with Crippen molar-refractivity contribution in [1.82, 2.24) is 9.80 Å². The number of ether oxygens (including phenoxy) is 3. The molecule has 1 fully saturated rings. The van der Waals surface area contributed by atoms with Crippen molar-refractivity contribution in [3.05, 3.63) is 66.2 Å². The fraction of sp³-hybridized carbons (Fsp3) is 0.462. The highest BCUT2D eigenvalue weighted by molar-refractivity contribution is 5.55. The van der Waals surface area contributed by atoms with Gasteiger partial charge in [-0.05, 0) is 24.5 Å². The highest BCUT2D eigenvalue weighted by atomic mass is 16.5. The minimum atomic E-state index is -0.868. The monoisotopic (exact) mass is 440 g/mol. The number of nitrogens with zero attached hydrogens (tertiary/aromatic N) is 2. The van der Waals surface area contributed by atoms with Crippen molar-refractivity contribution in [2.45, 2.75) is 25.0 Å². The summed E-state index contributed by atoms with van der Waals surface area (Å²) in [6.45, 7) is 9.35. The molecule has 32 heavy (non-hydrogen) atoms. The molecule has 1 unspecified atom stereocenters. The van der Waals surface area contributed by atoms with Gasteiger partial charge in [0.2, 0.25) is 5.75 Å².